The average molecular weight is 328 g/mol. The molecule has 1 atom stereocenters. The normalized spacial score (nSPS) is 22.5. The van der Waals surface area contributed by atoms with E-state index in [1.807, 2.05) is 19.0 Å². The summed E-state index contributed by atoms with van der Waals surface area (Å²) in [4.78, 5) is 18.8. The van der Waals surface area contributed by atoms with Crippen molar-refractivity contribution in [3.05, 3.63) is 0 Å². The van der Waals surface area contributed by atoms with Crippen LogP contribution in [0.4, 0.5) is 4.79 Å². The second-order valence-electron chi connectivity index (χ2n) is 6.57. The molecule has 0 aliphatic carbocycles. The third kappa shape index (κ3) is 7.03. The van der Waals surface area contributed by atoms with Gasteiger partial charge >= 0.3 is 6.03 Å². The van der Waals surface area contributed by atoms with Crippen LogP contribution in [-0.4, -0.2) is 107 Å². The molecule has 2 aliphatic heterocycles. The fourth-order valence-electron chi connectivity index (χ4n) is 2.89. The minimum absolute atomic E-state index is 0.0237. The zero-order chi connectivity index (χ0) is 16.5. The number of hydrogen-bond acceptors (Lipinski definition) is 5. The van der Waals surface area contributed by atoms with Crippen molar-refractivity contribution in [2.75, 3.05) is 79.7 Å². The van der Waals surface area contributed by atoms with Crippen molar-refractivity contribution >= 4 is 6.03 Å². The third-order valence-corrected chi connectivity index (χ3v) is 4.36. The topological polar surface area (TPSA) is 57.3 Å². The summed E-state index contributed by atoms with van der Waals surface area (Å²) in [5.74, 6) is 0. The van der Waals surface area contributed by atoms with Gasteiger partial charge in [0.2, 0.25) is 0 Å². The molecular weight excluding hydrogens is 296 g/mol. The van der Waals surface area contributed by atoms with Crippen molar-refractivity contribution in [2.45, 2.75) is 18.9 Å². The molecule has 2 fully saturated rings. The number of nitrogens with one attached hydrogen (secondary N) is 1. The van der Waals surface area contributed by atoms with Crippen molar-refractivity contribution in [3.8, 4) is 0 Å². The highest BCUT2D eigenvalue weighted by molar-refractivity contribution is 5.74. The lowest BCUT2D eigenvalue weighted by molar-refractivity contribution is 0.0383. The Labute approximate surface area is 139 Å². The highest BCUT2D eigenvalue weighted by atomic mass is 16.5. The van der Waals surface area contributed by atoms with E-state index in [1.165, 1.54) is 0 Å². The quantitative estimate of drug-likeness (QED) is 0.683. The van der Waals surface area contributed by atoms with Crippen LogP contribution in [0.5, 0.6) is 0 Å². The van der Waals surface area contributed by atoms with Gasteiger partial charge < -0.3 is 24.6 Å². The summed E-state index contributed by atoms with van der Waals surface area (Å²) in [6, 6.07) is 0.0237. The van der Waals surface area contributed by atoms with Crippen LogP contribution >= 0.6 is 0 Å². The summed E-state index contributed by atoms with van der Waals surface area (Å²) < 4.78 is 11.0. The fraction of sp³-hybridized carbons (Fsp3) is 0.938. The maximum atomic E-state index is 12.5. The van der Waals surface area contributed by atoms with Gasteiger partial charge in [-0.3, -0.25) is 4.90 Å². The predicted octanol–water partition coefficient (Wildman–Crippen LogP) is 0.0708. The molecule has 1 N–H and O–H groups in total. The maximum absolute atomic E-state index is 12.5. The van der Waals surface area contributed by atoms with Crippen LogP contribution in [0.2, 0.25) is 0 Å². The van der Waals surface area contributed by atoms with Gasteiger partial charge in [0.1, 0.15) is 0 Å². The van der Waals surface area contributed by atoms with Gasteiger partial charge in [0.15, 0.2) is 0 Å². The van der Waals surface area contributed by atoms with E-state index >= 15 is 0 Å². The van der Waals surface area contributed by atoms with Gasteiger partial charge in [0, 0.05) is 52.4 Å². The van der Waals surface area contributed by atoms with Crippen LogP contribution in [0.15, 0.2) is 0 Å². The minimum atomic E-state index is 0.0237. The number of urea groups is 1. The van der Waals surface area contributed by atoms with E-state index in [9.17, 15) is 4.79 Å². The summed E-state index contributed by atoms with van der Waals surface area (Å²) in [6.07, 6.45) is 2.35. The molecule has 0 bridgehead atoms. The van der Waals surface area contributed by atoms with E-state index in [1.54, 1.807) is 0 Å². The van der Waals surface area contributed by atoms with Crippen LogP contribution in [0.25, 0.3) is 0 Å². The second kappa shape index (κ2) is 10.1. The highest BCUT2D eigenvalue weighted by Gasteiger charge is 2.22. The molecule has 0 radical (unpaired) electrons. The van der Waals surface area contributed by atoms with E-state index in [2.05, 4.69) is 15.1 Å². The summed E-state index contributed by atoms with van der Waals surface area (Å²) in [5, 5.41) is 3.06. The van der Waals surface area contributed by atoms with Crippen LogP contribution < -0.4 is 5.32 Å². The number of hydrogen-bond donors (Lipinski definition) is 1. The summed E-state index contributed by atoms with van der Waals surface area (Å²) in [6.45, 7) is 8.18. The lowest BCUT2D eigenvalue weighted by Crippen LogP contribution is -2.48. The second-order valence-corrected chi connectivity index (χ2v) is 6.57. The third-order valence-electron chi connectivity index (χ3n) is 4.36. The summed E-state index contributed by atoms with van der Waals surface area (Å²) >= 11 is 0. The van der Waals surface area contributed by atoms with E-state index in [0.29, 0.717) is 13.1 Å². The molecule has 2 rings (SSSR count). The SMILES string of the molecule is CN(C)CCN(C[C@H]1CCCO1)C(=O)NCCN1CCOCC1. The molecule has 0 aromatic heterocycles. The number of carbonyl (C=O) groups is 1. The summed E-state index contributed by atoms with van der Waals surface area (Å²) in [7, 11) is 4.06. The van der Waals surface area contributed by atoms with Crippen molar-refractivity contribution < 1.29 is 14.3 Å². The number of ether oxygens (including phenoxy) is 2. The first kappa shape index (κ1) is 18.4. The Morgan fingerprint density at radius 3 is 2.65 bits per heavy atom. The monoisotopic (exact) mass is 328 g/mol. The Balaban J connectivity index is 1.72. The Hall–Kier alpha value is -0.890. The number of nitrogens with zero attached hydrogens (tertiary/aromatic N) is 3. The Morgan fingerprint density at radius 1 is 1.22 bits per heavy atom. The number of morpholine rings is 1. The largest absolute Gasteiger partial charge is 0.379 e. The van der Waals surface area contributed by atoms with Crippen molar-refractivity contribution in [1.82, 2.24) is 20.0 Å². The van der Waals surface area contributed by atoms with Gasteiger partial charge in [-0.2, -0.15) is 0 Å². The zero-order valence-electron chi connectivity index (χ0n) is 14.6. The number of rotatable bonds is 8. The van der Waals surface area contributed by atoms with Crippen LogP contribution in [0, 0.1) is 0 Å². The van der Waals surface area contributed by atoms with Crippen molar-refractivity contribution in [3.63, 3.8) is 0 Å². The molecule has 0 spiro atoms. The molecule has 7 nitrogen and oxygen atoms in total. The van der Waals surface area contributed by atoms with E-state index in [-0.39, 0.29) is 12.1 Å². The first-order valence-electron chi connectivity index (χ1n) is 8.74. The van der Waals surface area contributed by atoms with Gasteiger partial charge in [-0.05, 0) is 26.9 Å². The predicted molar refractivity (Wildman–Crippen MR) is 89.8 cm³/mol. The Morgan fingerprint density at radius 2 is 2.00 bits per heavy atom. The van der Waals surface area contributed by atoms with E-state index in [0.717, 1.165) is 65.4 Å². The number of carbonyl (C=O) groups excluding carboxylic acids is 1. The first-order chi connectivity index (χ1) is 11.1. The number of likely N-dealkylation sites (N-methyl/N-ethyl adjacent to an activating group) is 1. The molecule has 0 unspecified atom stereocenters. The molecule has 2 aliphatic rings. The molecule has 23 heavy (non-hydrogen) atoms. The van der Waals surface area contributed by atoms with Gasteiger partial charge in [-0.1, -0.05) is 0 Å². The average Bonchev–Trinajstić information content (AvgIpc) is 3.05. The van der Waals surface area contributed by atoms with E-state index < -0.39 is 0 Å². The standard InChI is InChI=1S/C16H32N4O3/c1-18(2)7-8-20(14-15-4-3-11-23-15)16(21)17-5-6-19-9-12-22-13-10-19/h15H,3-14H2,1-2H3,(H,17,21)/t15-/m1/s1. The molecule has 2 saturated heterocycles. The number of amides is 2. The lowest BCUT2D eigenvalue weighted by Gasteiger charge is -2.29. The Kier molecular flexibility index (Phi) is 8.08. The molecule has 2 amide bonds. The molecule has 7 heteroatoms. The van der Waals surface area contributed by atoms with Gasteiger partial charge in [0.25, 0.3) is 0 Å². The molecule has 0 aromatic carbocycles. The Bertz CT molecular complexity index is 342. The van der Waals surface area contributed by atoms with Gasteiger partial charge in [0.05, 0.1) is 19.3 Å². The summed E-state index contributed by atoms with van der Waals surface area (Å²) in [5.41, 5.74) is 0. The van der Waals surface area contributed by atoms with Crippen LogP contribution in [0.1, 0.15) is 12.8 Å². The molecule has 134 valence electrons. The molecular formula is C16H32N4O3. The maximum Gasteiger partial charge on any atom is 0.317 e. The molecule has 2 heterocycles. The molecule has 0 aromatic rings. The highest BCUT2D eigenvalue weighted by Crippen LogP contribution is 2.13. The van der Waals surface area contributed by atoms with Crippen LogP contribution in [-0.2, 0) is 9.47 Å². The minimum Gasteiger partial charge on any atom is -0.379 e. The fourth-order valence-corrected chi connectivity index (χ4v) is 2.89. The first-order valence-corrected chi connectivity index (χ1v) is 8.74. The lowest BCUT2D eigenvalue weighted by atomic mass is 10.2. The van der Waals surface area contributed by atoms with Crippen molar-refractivity contribution in [1.29, 1.82) is 0 Å². The van der Waals surface area contributed by atoms with Gasteiger partial charge in [-0.25, -0.2) is 4.79 Å². The smallest absolute Gasteiger partial charge is 0.317 e. The van der Waals surface area contributed by atoms with Crippen molar-refractivity contribution in [2.24, 2.45) is 0 Å². The zero-order valence-corrected chi connectivity index (χ0v) is 14.6. The van der Waals surface area contributed by atoms with E-state index in [4.69, 9.17) is 9.47 Å². The van der Waals surface area contributed by atoms with Crippen LogP contribution in [0.3, 0.4) is 0 Å². The van der Waals surface area contributed by atoms with Gasteiger partial charge in [-0.15, -0.1) is 0 Å². The molecule has 0 saturated carbocycles.